The summed E-state index contributed by atoms with van der Waals surface area (Å²) in [5.41, 5.74) is 0. The van der Waals surface area contributed by atoms with Crippen molar-refractivity contribution in [2.75, 3.05) is 0 Å². The molecule has 0 bridgehead atoms. The smallest absolute Gasteiger partial charge is 0.415 e. The molecule has 0 saturated heterocycles. The molecule has 0 amide bonds. The van der Waals surface area contributed by atoms with E-state index in [0.29, 0.717) is 0 Å². The second-order valence-corrected chi connectivity index (χ2v) is 2.39. The fraction of sp³-hybridized carbons (Fsp3) is 0.500. The highest BCUT2D eigenvalue weighted by atomic mass is 19.4. The van der Waals surface area contributed by atoms with Gasteiger partial charge < -0.3 is 4.74 Å². The Morgan fingerprint density at radius 1 is 1.00 bits per heavy atom. The molecule has 0 aromatic rings. The Kier molecular flexibility index (Phi) is 4.43. The van der Waals surface area contributed by atoms with E-state index in [1.807, 2.05) is 0 Å². The maximum atomic E-state index is 12.5. The summed E-state index contributed by atoms with van der Waals surface area (Å²) in [6, 6.07) is -7.26. The zero-order valence-corrected chi connectivity index (χ0v) is 7.30. The Labute approximate surface area is 86.6 Å². The zero-order chi connectivity index (χ0) is 14.0. The van der Waals surface area contributed by atoms with Crippen LogP contribution in [0.5, 0.6) is 0 Å². The maximum Gasteiger partial charge on any atom is 0.471 e. The van der Waals surface area contributed by atoms with Crippen LogP contribution < -0.4 is 0 Å². The van der Waals surface area contributed by atoms with Crippen LogP contribution in [0.1, 0.15) is 0 Å². The zero-order valence-electron chi connectivity index (χ0n) is 7.30. The van der Waals surface area contributed by atoms with E-state index in [1.54, 1.807) is 0 Å². The van der Waals surface area contributed by atoms with Gasteiger partial charge in [-0.1, -0.05) is 0 Å². The predicted octanol–water partition coefficient (Wildman–Crippen LogP) is 3.10. The van der Waals surface area contributed by atoms with Crippen LogP contribution in [0, 0.1) is 0 Å². The molecule has 0 aliphatic rings. The van der Waals surface area contributed by atoms with Gasteiger partial charge in [0.2, 0.25) is 5.83 Å². The fourth-order valence-electron chi connectivity index (χ4n) is 0.467. The lowest BCUT2D eigenvalue weighted by Crippen LogP contribution is -2.48. The minimum absolute atomic E-state index is 2.33. The first kappa shape index (κ1) is 15.6. The summed E-state index contributed by atoms with van der Waals surface area (Å²) in [6.07, 6.45) is -10.7. The van der Waals surface area contributed by atoms with Crippen molar-refractivity contribution in [3.63, 3.8) is 0 Å². The Balaban J connectivity index is 5.32. The summed E-state index contributed by atoms with van der Waals surface area (Å²) in [5.74, 6) is -9.10. The van der Waals surface area contributed by atoms with Crippen molar-refractivity contribution in [1.82, 2.24) is 0 Å². The molecule has 0 N–H and O–H groups in total. The number of hydrogen-bond acceptors (Lipinski definition) is 2. The number of rotatable bonds is 4. The molecule has 0 radical (unpaired) electrons. The highest BCUT2D eigenvalue weighted by Crippen LogP contribution is 2.39. The van der Waals surface area contributed by atoms with E-state index in [4.69, 9.17) is 0 Å². The van der Waals surface area contributed by atoms with Gasteiger partial charge >= 0.3 is 24.1 Å². The maximum absolute atomic E-state index is 12.5. The highest BCUT2D eigenvalue weighted by molar-refractivity contribution is 5.77. The van der Waals surface area contributed by atoms with Gasteiger partial charge in [0.1, 0.15) is 0 Å². The number of hydrogen-bond donors (Lipinski definition) is 0. The van der Waals surface area contributed by atoms with E-state index in [9.17, 15) is 44.3 Å². The Morgan fingerprint density at radius 2 is 1.41 bits per heavy atom. The largest absolute Gasteiger partial charge is 0.471 e. The molecule has 0 aromatic carbocycles. The van der Waals surface area contributed by atoms with Gasteiger partial charge in [-0.15, -0.1) is 0 Å². The van der Waals surface area contributed by atoms with Crippen LogP contribution in [0.3, 0.4) is 0 Å². The lowest BCUT2D eigenvalue weighted by atomic mass is 10.3. The third-order valence-corrected chi connectivity index (χ3v) is 1.23. The first-order valence-corrected chi connectivity index (χ1v) is 3.41. The van der Waals surface area contributed by atoms with Gasteiger partial charge in [0.15, 0.2) is 0 Å². The third-order valence-electron chi connectivity index (χ3n) is 1.23. The highest BCUT2D eigenvalue weighted by Gasteiger charge is 2.66. The fourth-order valence-corrected chi connectivity index (χ4v) is 0.467. The molecule has 0 aliphatic carbocycles. The lowest BCUT2D eigenvalue weighted by molar-refractivity contribution is -0.313. The summed E-state index contributed by atoms with van der Waals surface area (Å²) in [5, 5.41) is 0. The molecular weight excluding hydrogens is 275 g/mol. The summed E-state index contributed by atoms with van der Waals surface area (Å²) < 4.78 is 109. The molecule has 0 aromatic heterocycles. The van der Waals surface area contributed by atoms with Gasteiger partial charge in [-0.2, -0.15) is 30.7 Å². The molecule has 0 spiro atoms. The summed E-state index contributed by atoms with van der Waals surface area (Å²) in [4.78, 5) is 9.65. The van der Waals surface area contributed by atoms with Crippen LogP contribution in [0.15, 0.2) is 11.8 Å². The number of halogens is 9. The molecule has 2 nitrogen and oxygen atoms in total. The van der Waals surface area contributed by atoms with Crippen molar-refractivity contribution >= 4 is 6.04 Å². The van der Waals surface area contributed by atoms with E-state index in [1.165, 1.54) is 0 Å². The van der Waals surface area contributed by atoms with E-state index >= 15 is 0 Å². The summed E-state index contributed by atoms with van der Waals surface area (Å²) >= 11 is 0. The Morgan fingerprint density at radius 3 is 1.65 bits per heavy atom. The van der Waals surface area contributed by atoms with Crippen LogP contribution in [-0.4, -0.2) is 24.5 Å². The predicted molar refractivity (Wildman–Crippen MR) is 32.3 cm³/mol. The number of ether oxygens (including phenoxy) is 1. The first-order valence-electron chi connectivity index (χ1n) is 3.41. The number of carbonyl (C=O) groups is 1. The van der Waals surface area contributed by atoms with E-state index < -0.39 is 36.3 Å². The van der Waals surface area contributed by atoms with Crippen LogP contribution in [-0.2, 0) is 9.53 Å². The minimum Gasteiger partial charge on any atom is -0.415 e. The average molecular weight is 276 g/mol. The van der Waals surface area contributed by atoms with Gasteiger partial charge in [0.05, 0.1) is 0 Å². The topological polar surface area (TPSA) is 26.3 Å². The van der Waals surface area contributed by atoms with E-state index in [-0.39, 0.29) is 0 Å². The van der Waals surface area contributed by atoms with Crippen molar-refractivity contribution in [2.24, 2.45) is 0 Å². The number of carbonyl (C=O) groups excluding carboxylic acids is 1. The van der Waals surface area contributed by atoms with E-state index in [0.717, 1.165) is 0 Å². The molecule has 100 valence electrons. The normalized spacial score (nSPS) is 17.5. The van der Waals surface area contributed by atoms with Crippen LogP contribution in [0.4, 0.5) is 39.5 Å². The Bertz CT molecular complexity index is 333. The summed E-state index contributed by atoms with van der Waals surface area (Å²) in [6.45, 7) is 0. The first-order chi connectivity index (χ1) is 7.43. The third kappa shape index (κ3) is 3.27. The Hall–Kier alpha value is -1.42. The van der Waals surface area contributed by atoms with Crippen molar-refractivity contribution in [3.8, 4) is 0 Å². The SMILES string of the molecule is O=C(F)C(F)(O/C(F)=C(/F)C(F)F)C(F)(F)F. The molecule has 11 heteroatoms. The molecular formula is C6HF9O2. The van der Waals surface area contributed by atoms with Gasteiger partial charge in [-0.25, -0.2) is 8.78 Å². The monoisotopic (exact) mass is 276 g/mol. The molecule has 1 atom stereocenters. The molecule has 0 rings (SSSR count). The second kappa shape index (κ2) is 4.84. The molecule has 0 aliphatic heterocycles. The van der Waals surface area contributed by atoms with Gasteiger partial charge in [0, 0.05) is 0 Å². The van der Waals surface area contributed by atoms with Crippen molar-refractivity contribution in [2.45, 2.75) is 18.5 Å². The molecule has 0 fully saturated rings. The minimum atomic E-state index is -6.42. The van der Waals surface area contributed by atoms with Crippen LogP contribution in [0.2, 0.25) is 0 Å². The van der Waals surface area contributed by atoms with Gasteiger partial charge in [-0.05, 0) is 0 Å². The standard InChI is InChI=1S/C6HF9O2/c7-1(2(8)9)3(10)17-5(12,4(11)16)6(13,14)15/h2H/b3-1+. The molecule has 0 saturated carbocycles. The second-order valence-electron chi connectivity index (χ2n) is 2.39. The molecule has 1 unspecified atom stereocenters. The number of alkyl halides is 6. The summed E-state index contributed by atoms with van der Waals surface area (Å²) in [7, 11) is 0. The quantitative estimate of drug-likeness (QED) is 0.448. The van der Waals surface area contributed by atoms with Crippen molar-refractivity contribution in [3.05, 3.63) is 11.8 Å². The van der Waals surface area contributed by atoms with Crippen molar-refractivity contribution in [1.29, 1.82) is 0 Å². The van der Waals surface area contributed by atoms with E-state index in [2.05, 4.69) is 4.74 Å². The number of allylic oxidation sites excluding steroid dienone is 1. The average Bonchev–Trinajstić information content (AvgIpc) is 2.13. The van der Waals surface area contributed by atoms with Crippen LogP contribution in [0.25, 0.3) is 0 Å². The molecule has 0 heterocycles. The van der Waals surface area contributed by atoms with Crippen molar-refractivity contribution < 1.29 is 49.0 Å². The van der Waals surface area contributed by atoms with Gasteiger partial charge in [-0.3, -0.25) is 4.79 Å². The van der Waals surface area contributed by atoms with Crippen LogP contribution >= 0.6 is 0 Å². The van der Waals surface area contributed by atoms with Gasteiger partial charge in [0.25, 0.3) is 6.43 Å². The lowest BCUT2D eigenvalue weighted by Gasteiger charge is -2.22. The molecule has 17 heavy (non-hydrogen) atoms.